The number of nitrogen functional groups attached to an aromatic ring is 1. The Hall–Kier alpha value is -3.01. The third-order valence-corrected chi connectivity index (χ3v) is 3.91. The van der Waals surface area contributed by atoms with E-state index in [4.69, 9.17) is 15.2 Å². The highest BCUT2D eigenvalue weighted by Crippen LogP contribution is 2.35. The Morgan fingerprint density at radius 1 is 1.04 bits per heavy atom. The molecule has 0 heterocycles. The third kappa shape index (κ3) is 5.74. The van der Waals surface area contributed by atoms with Crippen molar-refractivity contribution in [3.8, 4) is 11.5 Å². The largest absolute Gasteiger partial charge is 0.490 e. The zero-order chi connectivity index (χ0) is 20.7. The fourth-order valence-electron chi connectivity index (χ4n) is 2.73. The summed E-state index contributed by atoms with van der Waals surface area (Å²) in [5, 5.41) is 0. The molecule has 4 heteroatoms. The van der Waals surface area contributed by atoms with Crippen LogP contribution >= 0.6 is 0 Å². The van der Waals surface area contributed by atoms with Gasteiger partial charge in [0, 0.05) is 11.3 Å². The van der Waals surface area contributed by atoms with Gasteiger partial charge in [-0.05, 0) is 82.2 Å². The number of hydrogen-bond donors (Lipinski definition) is 1. The monoisotopic (exact) mass is 379 g/mol. The number of hydrogen-bond acceptors (Lipinski definition) is 4. The molecule has 0 aliphatic heterocycles. The first-order chi connectivity index (χ1) is 13.3. The van der Waals surface area contributed by atoms with Crippen LogP contribution in [0.15, 0.2) is 55.1 Å². The second kappa shape index (κ2) is 9.79. The van der Waals surface area contributed by atoms with Crippen molar-refractivity contribution in [3.63, 3.8) is 0 Å². The molecule has 0 radical (unpaired) electrons. The van der Waals surface area contributed by atoms with E-state index in [2.05, 4.69) is 6.58 Å². The molecule has 0 saturated carbocycles. The molecular weight excluding hydrogens is 350 g/mol. The van der Waals surface area contributed by atoms with E-state index in [-0.39, 0.29) is 18.0 Å². The zero-order valence-corrected chi connectivity index (χ0v) is 17.1. The lowest BCUT2D eigenvalue weighted by Gasteiger charge is -2.20. The number of ketones is 1. The minimum Gasteiger partial charge on any atom is -0.490 e. The Morgan fingerprint density at radius 2 is 1.68 bits per heavy atom. The maximum absolute atomic E-state index is 12.6. The van der Waals surface area contributed by atoms with Crippen molar-refractivity contribution in [3.05, 3.63) is 71.8 Å². The Kier molecular flexibility index (Phi) is 7.44. The Labute approximate surface area is 167 Å². The molecule has 2 aromatic rings. The number of rotatable bonds is 9. The van der Waals surface area contributed by atoms with Crippen molar-refractivity contribution in [1.29, 1.82) is 0 Å². The fraction of sp³-hybridized carbons (Fsp3) is 0.292. The van der Waals surface area contributed by atoms with E-state index in [1.54, 1.807) is 36.4 Å². The van der Waals surface area contributed by atoms with Crippen molar-refractivity contribution < 1.29 is 14.3 Å². The minimum atomic E-state index is -0.111. The summed E-state index contributed by atoms with van der Waals surface area (Å²) < 4.78 is 12.1. The van der Waals surface area contributed by atoms with Crippen LogP contribution in [0.4, 0.5) is 5.69 Å². The van der Waals surface area contributed by atoms with E-state index in [1.165, 1.54) is 0 Å². The Balaban J connectivity index is 2.49. The van der Waals surface area contributed by atoms with Gasteiger partial charge in [0.05, 0.1) is 17.8 Å². The van der Waals surface area contributed by atoms with E-state index in [9.17, 15) is 4.79 Å². The van der Waals surface area contributed by atoms with Crippen LogP contribution in [0.1, 0.15) is 49.2 Å². The average Bonchev–Trinajstić information content (AvgIpc) is 2.63. The Morgan fingerprint density at radius 3 is 2.25 bits per heavy atom. The van der Waals surface area contributed by atoms with Crippen LogP contribution in [0.3, 0.4) is 0 Å². The van der Waals surface area contributed by atoms with E-state index >= 15 is 0 Å². The molecule has 0 spiro atoms. The maximum Gasteiger partial charge on any atom is 0.185 e. The van der Waals surface area contributed by atoms with Gasteiger partial charge >= 0.3 is 0 Å². The van der Waals surface area contributed by atoms with Gasteiger partial charge in [-0.1, -0.05) is 12.1 Å². The lowest BCUT2D eigenvalue weighted by molar-refractivity contribution is 0.104. The van der Waals surface area contributed by atoms with E-state index in [1.807, 2.05) is 45.9 Å². The number of nitrogens with two attached hydrogens (primary N) is 1. The lowest BCUT2D eigenvalue weighted by atomic mass is 10.0. The molecular formula is C24H29NO3. The molecule has 0 unspecified atom stereocenters. The van der Waals surface area contributed by atoms with Gasteiger partial charge in [-0.15, -0.1) is 6.58 Å². The normalized spacial score (nSPS) is 11.2. The van der Waals surface area contributed by atoms with Gasteiger partial charge < -0.3 is 15.2 Å². The molecule has 0 aliphatic carbocycles. The van der Waals surface area contributed by atoms with Crippen molar-refractivity contribution in [2.24, 2.45) is 0 Å². The average molecular weight is 380 g/mol. The van der Waals surface area contributed by atoms with Crippen molar-refractivity contribution in [2.45, 2.75) is 46.3 Å². The molecule has 4 nitrogen and oxygen atoms in total. The molecule has 0 saturated heterocycles. The van der Waals surface area contributed by atoms with Gasteiger partial charge in [0.25, 0.3) is 0 Å². The standard InChI is InChI=1S/C24H29NO3/c1-6-7-19-10-15-23(27-16(2)3)21(24(19)28-17(4)5)13-14-22(26)18-8-11-20(25)12-9-18/h6,8-17H,1,7,25H2,2-5H3. The highest BCUT2D eigenvalue weighted by Gasteiger charge is 2.16. The Bertz CT molecular complexity index is 849. The summed E-state index contributed by atoms with van der Waals surface area (Å²) in [5.41, 5.74) is 8.65. The summed E-state index contributed by atoms with van der Waals surface area (Å²) in [7, 11) is 0. The number of anilines is 1. The summed E-state index contributed by atoms with van der Waals surface area (Å²) in [6, 6.07) is 10.8. The molecule has 0 bridgehead atoms. The fourth-order valence-corrected chi connectivity index (χ4v) is 2.73. The first kappa shape index (κ1) is 21.3. The van der Waals surface area contributed by atoms with Crippen LogP contribution in [0, 0.1) is 0 Å². The molecule has 0 aliphatic rings. The van der Waals surface area contributed by atoms with E-state index in [0.717, 1.165) is 16.9 Å². The molecule has 0 amide bonds. The van der Waals surface area contributed by atoms with Crippen LogP contribution in [0.5, 0.6) is 11.5 Å². The van der Waals surface area contributed by atoms with Gasteiger partial charge in [0.15, 0.2) is 5.78 Å². The van der Waals surface area contributed by atoms with Crippen LogP contribution in [0.25, 0.3) is 6.08 Å². The van der Waals surface area contributed by atoms with Crippen LogP contribution < -0.4 is 15.2 Å². The topological polar surface area (TPSA) is 61.5 Å². The van der Waals surface area contributed by atoms with Gasteiger partial charge in [-0.2, -0.15) is 0 Å². The van der Waals surface area contributed by atoms with E-state index in [0.29, 0.717) is 23.4 Å². The van der Waals surface area contributed by atoms with Crippen molar-refractivity contribution in [2.75, 3.05) is 5.73 Å². The SMILES string of the molecule is C=CCc1ccc(OC(C)C)c(C=CC(=O)c2ccc(N)cc2)c1OC(C)C. The smallest absolute Gasteiger partial charge is 0.185 e. The molecule has 2 rings (SSSR count). The lowest BCUT2D eigenvalue weighted by Crippen LogP contribution is -2.12. The summed E-state index contributed by atoms with van der Waals surface area (Å²) in [4.78, 5) is 12.6. The summed E-state index contributed by atoms with van der Waals surface area (Å²) in [5.74, 6) is 1.29. The molecule has 28 heavy (non-hydrogen) atoms. The first-order valence-corrected chi connectivity index (χ1v) is 9.49. The predicted molar refractivity (Wildman–Crippen MR) is 116 cm³/mol. The second-order valence-electron chi connectivity index (χ2n) is 7.11. The van der Waals surface area contributed by atoms with Crippen LogP contribution in [0.2, 0.25) is 0 Å². The molecule has 0 aromatic heterocycles. The zero-order valence-electron chi connectivity index (χ0n) is 17.1. The molecule has 2 aromatic carbocycles. The summed E-state index contributed by atoms with van der Waals surface area (Å²) in [6.45, 7) is 11.7. The molecule has 0 fully saturated rings. The molecule has 148 valence electrons. The third-order valence-electron chi connectivity index (χ3n) is 3.91. The highest BCUT2D eigenvalue weighted by molar-refractivity contribution is 6.07. The first-order valence-electron chi connectivity index (χ1n) is 9.49. The highest BCUT2D eigenvalue weighted by atomic mass is 16.5. The van der Waals surface area contributed by atoms with Gasteiger partial charge in [-0.25, -0.2) is 0 Å². The number of benzene rings is 2. The van der Waals surface area contributed by atoms with Crippen molar-refractivity contribution in [1.82, 2.24) is 0 Å². The molecule has 2 N–H and O–H groups in total. The number of carbonyl (C=O) groups is 1. The van der Waals surface area contributed by atoms with E-state index < -0.39 is 0 Å². The van der Waals surface area contributed by atoms with Crippen LogP contribution in [-0.4, -0.2) is 18.0 Å². The maximum atomic E-state index is 12.6. The number of carbonyl (C=O) groups excluding carboxylic acids is 1. The summed E-state index contributed by atoms with van der Waals surface area (Å²) in [6.07, 6.45) is 5.78. The minimum absolute atomic E-state index is 0.00268. The second-order valence-corrected chi connectivity index (χ2v) is 7.11. The quantitative estimate of drug-likeness (QED) is 0.272. The predicted octanol–water partition coefficient (Wildman–Crippen LogP) is 5.47. The van der Waals surface area contributed by atoms with Crippen LogP contribution in [-0.2, 0) is 6.42 Å². The van der Waals surface area contributed by atoms with Gasteiger partial charge in [0.2, 0.25) is 0 Å². The molecule has 0 atom stereocenters. The van der Waals surface area contributed by atoms with Crippen molar-refractivity contribution >= 4 is 17.5 Å². The number of ether oxygens (including phenoxy) is 2. The van der Waals surface area contributed by atoms with Gasteiger partial charge in [0.1, 0.15) is 11.5 Å². The van der Waals surface area contributed by atoms with Gasteiger partial charge in [-0.3, -0.25) is 4.79 Å². The number of allylic oxidation sites excluding steroid dienone is 2. The summed E-state index contributed by atoms with van der Waals surface area (Å²) >= 11 is 0.